The van der Waals surface area contributed by atoms with E-state index in [0.29, 0.717) is 51.3 Å². The quantitative estimate of drug-likeness (QED) is 0.653. The first-order valence-electron chi connectivity index (χ1n) is 8.84. The van der Waals surface area contributed by atoms with Crippen molar-refractivity contribution >= 4 is 12.1 Å². The SMILES string of the molecule is CCNC(=NCCc1ccccc1F)N1CCN(C(=O)OCC)CC1. The molecule has 0 spiro atoms. The summed E-state index contributed by atoms with van der Waals surface area (Å²) in [7, 11) is 0. The van der Waals surface area contributed by atoms with Crippen LogP contribution < -0.4 is 5.32 Å². The zero-order chi connectivity index (χ0) is 18.1. The van der Waals surface area contributed by atoms with Crippen LogP contribution in [0.15, 0.2) is 29.3 Å². The molecule has 0 bridgehead atoms. The lowest BCUT2D eigenvalue weighted by Gasteiger charge is -2.35. The number of amides is 1. The van der Waals surface area contributed by atoms with Gasteiger partial charge in [-0.3, -0.25) is 4.99 Å². The Morgan fingerprint density at radius 1 is 1.20 bits per heavy atom. The third-order valence-electron chi connectivity index (χ3n) is 4.04. The van der Waals surface area contributed by atoms with Gasteiger partial charge in [0.25, 0.3) is 0 Å². The molecule has 7 heteroatoms. The topological polar surface area (TPSA) is 57.2 Å². The van der Waals surface area contributed by atoms with Gasteiger partial charge in [-0.2, -0.15) is 0 Å². The van der Waals surface area contributed by atoms with Crippen molar-refractivity contribution in [2.75, 3.05) is 45.9 Å². The summed E-state index contributed by atoms with van der Waals surface area (Å²) in [4.78, 5) is 20.2. The Hall–Kier alpha value is -2.31. The molecule has 0 radical (unpaired) electrons. The molecule has 0 saturated carbocycles. The van der Waals surface area contributed by atoms with Crippen molar-refractivity contribution in [2.45, 2.75) is 20.3 Å². The van der Waals surface area contributed by atoms with Crippen LogP contribution in [-0.4, -0.2) is 67.7 Å². The number of carbonyl (C=O) groups is 1. The van der Waals surface area contributed by atoms with Gasteiger partial charge < -0.3 is 19.9 Å². The van der Waals surface area contributed by atoms with Crippen LogP contribution in [0.4, 0.5) is 9.18 Å². The first-order chi connectivity index (χ1) is 12.2. The fourth-order valence-corrected chi connectivity index (χ4v) is 2.72. The van der Waals surface area contributed by atoms with E-state index in [1.807, 2.05) is 13.0 Å². The second-order valence-electron chi connectivity index (χ2n) is 5.75. The summed E-state index contributed by atoms with van der Waals surface area (Å²) in [6.07, 6.45) is 0.299. The number of hydrogen-bond donors (Lipinski definition) is 1. The van der Waals surface area contributed by atoms with E-state index in [1.165, 1.54) is 6.07 Å². The van der Waals surface area contributed by atoms with Gasteiger partial charge in [-0.15, -0.1) is 0 Å². The molecule has 1 amide bonds. The average molecular weight is 350 g/mol. The lowest BCUT2D eigenvalue weighted by Crippen LogP contribution is -2.54. The standard InChI is InChI=1S/C18H27FN4O2/c1-3-20-17(21-10-9-15-7-5-6-8-16(15)19)22-11-13-23(14-12-22)18(24)25-4-2/h5-8H,3-4,9-14H2,1-2H3,(H,20,21). The predicted molar refractivity (Wildman–Crippen MR) is 96.3 cm³/mol. The van der Waals surface area contributed by atoms with Crippen molar-refractivity contribution in [2.24, 2.45) is 4.99 Å². The minimum Gasteiger partial charge on any atom is -0.450 e. The number of carbonyl (C=O) groups excluding carboxylic acids is 1. The molecule has 1 saturated heterocycles. The molecule has 1 aromatic rings. The van der Waals surface area contributed by atoms with Crippen molar-refractivity contribution in [3.05, 3.63) is 35.6 Å². The molecule has 1 aliphatic heterocycles. The Labute approximate surface area is 148 Å². The van der Waals surface area contributed by atoms with E-state index in [0.717, 1.165) is 12.5 Å². The monoisotopic (exact) mass is 350 g/mol. The van der Waals surface area contributed by atoms with Crippen LogP contribution >= 0.6 is 0 Å². The van der Waals surface area contributed by atoms with Gasteiger partial charge in [0.15, 0.2) is 5.96 Å². The Morgan fingerprint density at radius 2 is 1.88 bits per heavy atom. The van der Waals surface area contributed by atoms with Crippen molar-refractivity contribution in [1.29, 1.82) is 0 Å². The highest BCUT2D eigenvalue weighted by Gasteiger charge is 2.23. The second-order valence-corrected chi connectivity index (χ2v) is 5.75. The molecule has 0 unspecified atom stereocenters. The van der Waals surface area contributed by atoms with Gasteiger partial charge >= 0.3 is 6.09 Å². The van der Waals surface area contributed by atoms with Crippen LogP contribution in [0.5, 0.6) is 0 Å². The molecule has 1 aliphatic rings. The minimum atomic E-state index is -0.261. The molecule has 1 N–H and O–H groups in total. The number of nitrogens with one attached hydrogen (secondary N) is 1. The van der Waals surface area contributed by atoms with E-state index in [1.54, 1.807) is 24.0 Å². The maximum atomic E-state index is 13.7. The van der Waals surface area contributed by atoms with E-state index < -0.39 is 0 Å². The van der Waals surface area contributed by atoms with Gasteiger partial charge in [-0.1, -0.05) is 18.2 Å². The Balaban J connectivity index is 1.90. The molecular formula is C18H27FN4O2. The number of nitrogens with zero attached hydrogens (tertiary/aromatic N) is 3. The van der Waals surface area contributed by atoms with Crippen molar-refractivity contribution in [1.82, 2.24) is 15.1 Å². The summed E-state index contributed by atoms with van der Waals surface area (Å²) in [6, 6.07) is 6.78. The van der Waals surface area contributed by atoms with Gasteiger partial charge in [0, 0.05) is 39.3 Å². The molecule has 0 aliphatic carbocycles. The van der Waals surface area contributed by atoms with E-state index in [-0.39, 0.29) is 11.9 Å². The van der Waals surface area contributed by atoms with Crippen LogP contribution in [0.1, 0.15) is 19.4 Å². The first kappa shape index (κ1) is 19.0. The largest absolute Gasteiger partial charge is 0.450 e. The number of aliphatic imine (C=N–C) groups is 1. The number of rotatable bonds is 5. The van der Waals surface area contributed by atoms with Crippen molar-refractivity contribution in [3.63, 3.8) is 0 Å². The molecule has 1 heterocycles. The summed E-state index contributed by atoms with van der Waals surface area (Å²) in [6.45, 7) is 8.10. The smallest absolute Gasteiger partial charge is 0.409 e. The zero-order valence-electron chi connectivity index (χ0n) is 15.0. The van der Waals surface area contributed by atoms with E-state index in [9.17, 15) is 9.18 Å². The zero-order valence-corrected chi connectivity index (χ0v) is 15.0. The summed E-state index contributed by atoms with van der Waals surface area (Å²) in [5.41, 5.74) is 0.675. The van der Waals surface area contributed by atoms with E-state index >= 15 is 0 Å². The number of halogens is 1. The molecule has 0 atom stereocenters. The Kier molecular flexibility index (Phi) is 7.50. The third-order valence-corrected chi connectivity index (χ3v) is 4.04. The fourth-order valence-electron chi connectivity index (χ4n) is 2.72. The molecule has 1 fully saturated rings. The molecule has 1 aromatic carbocycles. The highest BCUT2D eigenvalue weighted by Crippen LogP contribution is 2.08. The van der Waals surface area contributed by atoms with Gasteiger partial charge in [-0.25, -0.2) is 9.18 Å². The summed E-state index contributed by atoms with van der Waals surface area (Å²) in [5.74, 6) is 0.619. The highest BCUT2D eigenvalue weighted by molar-refractivity contribution is 5.80. The average Bonchev–Trinajstić information content (AvgIpc) is 2.63. The predicted octanol–water partition coefficient (Wildman–Crippen LogP) is 2.11. The molecule has 0 aromatic heterocycles. The van der Waals surface area contributed by atoms with E-state index in [4.69, 9.17) is 4.74 Å². The number of benzene rings is 1. The minimum absolute atomic E-state index is 0.189. The molecule has 138 valence electrons. The summed E-state index contributed by atoms with van der Waals surface area (Å²) >= 11 is 0. The molecule has 6 nitrogen and oxygen atoms in total. The molecular weight excluding hydrogens is 323 g/mol. The van der Waals surface area contributed by atoms with Crippen LogP contribution in [0.25, 0.3) is 0 Å². The number of hydrogen-bond acceptors (Lipinski definition) is 3. The normalized spacial score (nSPS) is 15.2. The number of piperazine rings is 1. The van der Waals surface area contributed by atoms with Crippen molar-refractivity contribution in [3.8, 4) is 0 Å². The number of guanidine groups is 1. The second kappa shape index (κ2) is 9.86. The third kappa shape index (κ3) is 5.62. The van der Waals surface area contributed by atoms with Gasteiger partial charge in [0.2, 0.25) is 0 Å². The fraction of sp³-hybridized carbons (Fsp3) is 0.556. The Bertz CT molecular complexity index is 586. The Morgan fingerprint density at radius 3 is 2.52 bits per heavy atom. The van der Waals surface area contributed by atoms with Crippen LogP contribution in [0.2, 0.25) is 0 Å². The van der Waals surface area contributed by atoms with Crippen LogP contribution in [-0.2, 0) is 11.2 Å². The lowest BCUT2D eigenvalue weighted by atomic mass is 10.1. The lowest BCUT2D eigenvalue weighted by molar-refractivity contribution is 0.0914. The summed E-state index contributed by atoms with van der Waals surface area (Å²) in [5, 5.41) is 3.27. The van der Waals surface area contributed by atoms with Gasteiger partial charge in [0.05, 0.1) is 6.61 Å². The van der Waals surface area contributed by atoms with E-state index in [2.05, 4.69) is 15.2 Å². The van der Waals surface area contributed by atoms with Gasteiger partial charge in [0.1, 0.15) is 5.82 Å². The first-order valence-corrected chi connectivity index (χ1v) is 8.84. The maximum Gasteiger partial charge on any atom is 0.409 e. The number of ether oxygens (including phenoxy) is 1. The highest BCUT2D eigenvalue weighted by atomic mass is 19.1. The van der Waals surface area contributed by atoms with Crippen LogP contribution in [0.3, 0.4) is 0 Å². The molecule has 2 rings (SSSR count). The summed E-state index contributed by atoms with van der Waals surface area (Å²) < 4.78 is 18.7. The van der Waals surface area contributed by atoms with Crippen molar-refractivity contribution < 1.29 is 13.9 Å². The van der Waals surface area contributed by atoms with Gasteiger partial charge in [-0.05, 0) is 31.9 Å². The van der Waals surface area contributed by atoms with Crippen LogP contribution in [0, 0.1) is 5.82 Å². The maximum absolute atomic E-state index is 13.7. The molecule has 25 heavy (non-hydrogen) atoms.